The lowest BCUT2D eigenvalue weighted by Gasteiger charge is -2.40. The molecule has 1 aromatic heterocycles. The van der Waals surface area contributed by atoms with Crippen LogP contribution in [0.1, 0.15) is 29.0 Å². The Balaban J connectivity index is 2.11. The predicted molar refractivity (Wildman–Crippen MR) is 80.3 cm³/mol. The quantitative estimate of drug-likeness (QED) is 0.842. The van der Waals surface area contributed by atoms with E-state index in [1.54, 1.807) is 24.8 Å². The fourth-order valence-corrected chi connectivity index (χ4v) is 5.82. The van der Waals surface area contributed by atoms with Crippen LogP contribution in [0.2, 0.25) is 0 Å². The van der Waals surface area contributed by atoms with E-state index in [1.165, 1.54) is 17.8 Å². The minimum Gasteiger partial charge on any atom is -0.391 e. The first-order chi connectivity index (χ1) is 8.92. The highest BCUT2D eigenvalue weighted by Crippen LogP contribution is 2.42. The van der Waals surface area contributed by atoms with Gasteiger partial charge in [-0.25, -0.2) is 13.1 Å². The molecule has 2 N–H and O–H groups in total. The third-order valence-corrected chi connectivity index (χ3v) is 7.76. The van der Waals surface area contributed by atoms with Gasteiger partial charge in [-0.05, 0) is 32.1 Å². The maximum Gasteiger partial charge on any atom is 0.241 e. The molecule has 0 atom stereocenters. The van der Waals surface area contributed by atoms with E-state index in [0.29, 0.717) is 16.3 Å². The maximum absolute atomic E-state index is 12.3. The summed E-state index contributed by atoms with van der Waals surface area (Å²) in [7, 11) is -3.46. The molecule has 0 aliphatic heterocycles. The molecule has 1 aromatic rings. The standard InChI is InChI=1S/C12H19NO3S3/c1-9-11(6-10(7-14)18-9)19(15,16)13-8-12(17-2)4-3-5-12/h6,13-14H,3-5,7-8H2,1-2H3. The van der Waals surface area contributed by atoms with Crippen molar-refractivity contribution in [3.8, 4) is 0 Å². The highest BCUT2D eigenvalue weighted by atomic mass is 32.2. The first-order valence-electron chi connectivity index (χ1n) is 6.17. The molecule has 7 heteroatoms. The average Bonchev–Trinajstić information content (AvgIpc) is 2.70. The monoisotopic (exact) mass is 321 g/mol. The average molecular weight is 321 g/mol. The van der Waals surface area contributed by atoms with Gasteiger partial charge in [-0.1, -0.05) is 6.42 Å². The summed E-state index contributed by atoms with van der Waals surface area (Å²) in [6.45, 7) is 2.14. The van der Waals surface area contributed by atoms with E-state index in [-0.39, 0.29) is 11.4 Å². The van der Waals surface area contributed by atoms with Gasteiger partial charge in [-0.15, -0.1) is 11.3 Å². The number of thioether (sulfide) groups is 1. The molecule has 1 fully saturated rings. The summed E-state index contributed by atoms with van der Waals surface area (Å²) in [6.07, 6.45) is 5.35. The molecule has 0 aromatic carbocycles. The first-order valence-corrected chi connectivity index (χ1v) is 9.70. The third kappa shape index (κ3) is 3.16. The van der Waals surface area contributed by atoms with Crippen LogP contribution >= 0.6 is 23.1 Å². The fourth-order valence-electron chi connectivity index (χ4n) is 2.20. The van der Waals surface area contributed by atoms with Crippen molar-refractivity contribution in [2.24, 2.45) is 0 Å². The second kappa shape index (κ2) is 5.73. The van der Waals surface area contributed by atoms with E-state index in [4.69, 9.17) is 5.11 Å². The van der Waals surface area contributed by atoms with Crippen LogP contribution in [-0.4, -0.2) is 31.1 Å². The minimum absolute atomic E-state index is 0.0802. The number of aliphatic hydroxyl groups is 1. The van der Waals surface area contributed by atoms with Gasteiger partial charge in [0.25, 0.3) is 0 Å². The van der Waals surface area contributed by atoms with Gasteiger partial charge in [0, 0.05) is 21.0 Å². The molecule has 19 heavy (non-hydrogen) atoms. The van der Waals surface area contributed by atoms with Crippen molar-refractivity contribution in [1.29, 1.82) is 0 Å². The lowest BCUT2D eigenvalue weighted by atomic mass is 9.84. The summed E-state index contributed by atoms with van der Waals surface area (Å²) < 4.78 is 27.4. The van der Waals surface area contributed by atoms with Gasteiger partial charge in [0.2, 0.25) is 10.0 Å². The Morgan fingerprint density at radius 2 is 2.21 bits per heavy atom. The highest BCUT2D eigenvalue weighted by molar-refractivity contribution is 8.00. The molecule has 0 unspecified atom stereocenters. The van der Waals surface area contributed by atoms with Crippen LogP contribution in [0.25, 0.3) is 0 Å². The summed E-state index contributed by atoms with van der Waals surface area (Å²) >= 11 is 3.07. The van der Waals surface area contributed by atoms with Crippen LogP contribution in [0, 0.1) is 6.92 Å². The summed E-state index contributed by atoms with van der Waals surface area (Å²) in [6, 6.07) is 1.56. The van der Waals surface area contributed by atoms with Crippen molar-refractivity contribution in [1.82, 2.24) is 4.72 Å². The first kappa shape index (κ1) is 15.3. The number of aryl methyl sites for hydroxylation is 1. The summed E-state index contributed by atoms with van der Waals surface area (Å²) in [5.41, 5.74) is 0. The van der Waals surface area contributed by atoms with E-state index >= 15 is 0 Å². The van der Waals surface area contributed by atoms with E-state index < -0.39 is 10.0 Å². The van der Waals surface area contributed by atoms with Crippen molar-refractivity contribution >= 4 is 33.1 Å². The second-order valence-electron chi connectivity index (χ2n) is 4.86. The number of rotatable bonds is 6. The number of sulfonamides is 1. The minimum atomic E-state index is -3.46. The molecule has 0 radical (unpaired) electrons. The Labute approximate surface area is 122 Å². The zero-order valence-corrected chi connectivity index (χ0v) is 13.6. The number of nitrogens with one attached hydrogen (secondary N) is 1. The van der Waals surface area contributed by atoms with Crippen LogP contribution < -0.4 is 4.72 Å². The van der Waals surface area contributed by atoms with Crippen LogP contribution in [0.5, 0.6) is 0 Å². The van der Waals surface area contributed by atoms with Crippen molar-refractivity contribution in [2.75, 3.05) is 12.8 Å². The van der Waals surface area contributed by atoms with Crippen LogP contribution in [0.15, 0.2) is 11.0 Å². The van der Waals surface area contributed by atoms with Gasteiger partial charge in [0.1, 0.15) is 0 Å². The van der Waals surface area contributed by atoms with Gasteiger partial charge in [0.05, 0.1) is 11.5 Å². The van der Waals surface area contributed by atoms with Gasteiger partial charge in [0.15, 0.2) is 0 Å². The molecule has 1 aliphatic carbocycles. The molecule has 0 bridgehead atoms. The van der Waals surface area contributed by atoms with Crippen LogP contribution in [-0.2, 0) is 16.6 Å². The van der Waals surface area contributed by atoms with E-state index in [9.17, 15) is 8.42 Å². The van der Waals surface area contributed by atoms with E-state index in [2.05, 4.69) is 4.72 Å². The van der Waals surface area contributed by atoms with E-state index in [0.717, 1.165) is 17.7 Å². The second-order valence-corrected chi connectivity index (χ2v) is 9.21. The Bertz CT molecular complexity index is 541. The molecule has 1 aliphatic rings. The summed E-state index contributed by atoms with van der Waals surface area (Å²) in [5, 5.41) is 9.08. The topological polar surface area (TPSA) is 66.4 Å². The zero-order valence-electron chi connectivity index (χ0n) is 11.1. The smallest absolute Gasteiger partial charge is 0.241 e. The predicted octanol–water partition coefficient (Wildman–Crippen LogP) is 2.11. The molecule has 1 heterocycles. The fraction of sp³-hybridized carbons (Fsp3) is 0.667. The normalized spacial score (nSPS) is 18.3. The number of hydrogen-bond donors (Lipinski definition) is 2. The van der Waals surface area contributed by atoms with Gasteiger partial charge >= 0.3 is 0 Å². The van der Waals surface area contributed by atoms with Crippen molar-refractivity contribution in [3.05, 3.63) is 15.8 Å². The number of aliphatic hydroxyl groups excluding tert-OH is 1. The number of hydrogen-bond acceptors (Lipinski definition) is 5. The summed E-state index contributed by atoms with van der Waals surface area (Å²) in [4.78, 5) is 1.71. The molecule has 4 nitrogen and oxygen atoms in total. The van der Waals surface area contributed by atoms with Gasteiger partial charge in [-0.2, -0.15) is 11.8 Å². The van der Waals surface area contributed by atoms with Gasteiger partial charge < -0.3 is 5.11 Å². The molecule has 0 amide bonds. The third-order valence-electron chi connectivity index (χ3n) is 3.65. The van der Waals surface area contributed by atoms with Crippen LogP contribution in [0.3, 0.4) is 0 Å². The molecular weight excluding hydrogens is 302 g/mol. The Morgan fingerprint density at radius 1 is 1.53 bits per heavy atom. The van der Waals surface area contributed by atoms with E-state index in [1.807, 2.05) is 6.26 Å². The SMILES string of the molecule is CSC1(CNS(=O)(=O)c2cc(CO)sc2C)CCC1. The van der Waals surface area contributed by atoms with Crippen LogP contribution in [0.4, 0.5) is 0 Å². The Morgan fingerprint density at radius 3 is 2.63 bits per heavy atom. The molecule has 0 spiro atoms. The molecule has 1 saturated carbocycles. The lowest BCUT2D eigenvalue weighted by molar-refractivity contribution is 0.285. The molecular formula is C12H19NO3S3. The van der Waals surface area contributed by atoms with Crippen molar-refractivity contribution < 1.29 is 13.5 Å². The lowest BCUT2D eigenvalue weighted by Crippen LogP contribution is -2.45. The highest BCUT2D eigenvalue weighted by Gasteiger charge is 2.37. The zero-order chi connectivity index (χ0) is 14.1. The largest absolute Gasteiger partial charge is 0.391 e. The Kier molecular flexibility index (Phi) is 4.62. The number of thiophene rings is 1. The molecule has 2 rings (SSSR count). The maximum atomic E-state index is 12.3. The Hall–Kier alpha value is -0.0800. The molecule has 0 saturated heterocycles. The van der Waals surface area contributed by atoms with Crippen molar-refractivity contribution in [3.63, 3.8) is 0 Å². The molecule has 108 valence electrons. The van der Waals surface area contributed by atoms with Gasteiger partial charge in [-0.3, -0.25) is 0 Å². The summed E-state index contributed by atoms with van der Waals surface area (Å²) in [5.74, 6) is 0. The van der Waals surface area contributed by atoms with Crippen molar-refractivity contribution in [2.45, 2.75) is 42.4 Å².